The number of carbonyl (C=O) groups excluding carboxylic acids is 1. The third-order valence-electron chi connectivity index (χ3n) is 2.52. The summed E-state index contributed by atoms with van der Waals surface area (Å²) in [5, 5.41) is 28.9. The van der Waals surface area contributed by atoms with E-state index in [1.165, 1.54) is 18.2 Å². The van der Waals surface area contributed by atoms with Crippen LogP contribution in [0.25, 0.3) is 0 Å². The third kappa shape index (κ3) is 3.20. The lowest BCUT2D eigenvalue weighted by atomic mass is 9.95. The molecule has 0 aromatic rings. The lowest BCUT2D eigenvalue weighted by Crippen LogP contribution is -2.56. The van der Waals surface area contributed by atoms with Crippen LogP contribution in [0.5, 0.6) is 0 Å². The van der Waals surface area contributed by atoms with Gasteiger partial charge in [-0.15, -0.1) is 11.8 Å². The molecule has 5 atom stereocenters. The fourth-order valence-corrected chi connectivity index (χ4v) is 2.17. The van der Waals surface area contributed by atoms with Crippen LogP contribution in [0.4, 0.5) is 0 Å². The first-order chi connectivity index (χ1) is 7.88. The summed E-state index contributed by atoms with van der Waals surface area (Å²) in [5.41, 5.74) is 4.30. The van der Waals surface area contributed by atoms with Gasteiger partial charge in [0.15, 0.2) is 0 Å². The molecule has 0 bridgehead atoms. The van der Waals surface area contributed by atoms with Crippen molar-refractivity contribution in [2.75, 3.05) is 6.26 Å². The highest BCUT2D eigenvalue weighted by atomic mass is 32.2. The molecule has 0 spiro atoms. The summed E-state index contributed by atoms with van der Waals surface area (Å²) in [5.74, 6) is -0.734. The molecule has 1 aliphatic heterocycles. The summed E-state index contributed by atoms with van der Waals surface area (Å²) in [7, 11) is 0. The van der Waals surface area contributed by atoms with Gasteiger partial charge in [-0.05, 0) is 6.26 Å². The molecule has 5 unspecified atom stereocenters. The number of hydrogen-bond donors (Lipinski definition) is 4. The molecule has 17 heavy (non-hydrogen) atoms. The predicted octanol–water partition coefficient (Wildman–Crippen LogP) is -1.60. The van der Waals surface area contributed by atoms with Crippen LogP contribution >= 0.6 is 11.8 Å². The molecule has 1 saturated heterocycles. The van der Waals surface area contributed by atoms with Gasteiger partial charge in [-0.2, -0.15) is 0 Å². The van der Waals surface area contributed by atoms with Crippen molar-refractivity contribution in [3.8, 4) is 0 Å². The first-order valence-electron chi connectivity index (χ1n) is 4.94. The number of ether oxygens (including phenoxy) is 1. The summed E-state index contributed by atoms with van der Waals surface area (Å²) in [6, 6.07) is 0. The number of thioether (sulfide) groups is 1. The molecule has 1 heterocycles. The van der Waals surface area contributed by atoms with Crippen molar-refractivity contribution in [2.24, 2.45) is 5.73 Å². The van der Waals surface area contributed by atoms with Crippen LogP contribution < -0.4 is 5.73 Å². The van der Waals surface area contributed by atoms with Gasteiger partial charge in [0.1, 0.15) is 23.7 Å². The lowest BCUT2D eigenvalue weighted by molar-refractivity contribution is -0.187. The quantitative estimate of drug-likeness (QED) is 0.454. The van der Waals surface area contributed by atoms with Crippen LogP contribution in [0.2, 0.25) is 0 Å². The van der Waals surface area contributed by atoms with Crippen LogP contribution in [0.15, 0.2) is 12.2 Å². The molecular formula is C10H16NO5S. The smallest absolute Gasteiger partial charge is 0.244 e. The molecule has 1 aliphatic rings. The Hall–Kier alpha value is -0.600. The number of carbonyl (C=O) groups is 1. The number of aliphatic hydroxyl groups excluding tert-OH is 3. The monoisotopic (exact) mass is 262 g/mol. The molecule has 0 saturated carbocycles. The fraction of sp³-hybridized carbons (Fsp3) is 0.600. The number of amides is 1. The molecule has 0 aliphatic carbocycles. The minimum absolute atomic E-state index is 0.0162. The van der Waals surface area contributed by atoms with E-state index in [0.29, 0.717) is 0 Å². The Bertz CT molecular complexity index is 309. The first-order valence-corrected chi connectivity index (χ1v) is 6.23. The second-order valence-electron chi connectivity index (χ2n) is 3.73. The van der Waals surface area contributed by atoms with E-state index < -0.39 is 35.8 Å². The second-order valence-corrected chi connectivity index (χ2v) is 4.67. The topological polar surface area (TPSA) is 113 Å². The van der Waals surface area contributed by atoms with Gasteiger partial charge in [-0.25, -0.2) is 0 Å². The minimum Gasteiger partial charge on any atom is -0.388 e. The zero-order valence-corrected chi connectivity index (χ0v) is 10.1. The number of rotatable bonds is 4. The van der Waals surface area contributed by atoms with E-state index in [-0.39, 0.29) is 5.57 Å². The maximum Gasteiger partial charge on any atom is 0.244 e. The zero-order valence-electron chi connectivity index (χ0n) is 9.31. The SMILES string of the molecule is C=C([CH]C1OC(SC)C(O)C(O)C1O)C(N)=O. The number of primary amides is 1. The van der Waals surface area contributed by atoms with E-state index in [2.05, 4.69) is 6.58 Å². The Labute approximate surface area is 103 Å². The molecular weight excluding hydrogens is 246 g/mol. The van der Waals surface area contributed by atoms with Crippen molar-refractivity contribution in [3.63, 3.8) is 0 Å². The summed E-state index contributed by atoms with van der Waals surface area (Å²) in [6.45, 7) is 3.41. The maximum absolute atomic E-state index is 10.8. The van der Waals surface area contributed by atoms with Crippen LogP contribution in [0, 0.1) is 6.42 Å². The molecule has 1 amide bonds. The van der Waals surface area contributed by atoms with Crippen LogP contribution in [0.3, 0.4) is 0 Å². The molecule has 0 aromatic carbocycles. The molecule has 1 radical (unpaired) electrons. The minimum atomic E-state index is -1.34. The molecule has 6 nitrogen and oxygen atoms in total. The predicted molar refractivity (Wildman–Crippen MR) is 62.8 cm³/mol. The van der Waals surface area contributed by atoms with E-state index in [1.54, 1.807) is 6.26 Å². The Morgan fingerprint density at radius 1 is 1.35 bits per heavy atom. The first kappa shape index (κ1) is 14.5. The van der Waals surface area contributed by atoms with Gasteiger partial charge in [-0.3, -0.25) is 4.79 Å². The summed E-state index contributed by atoms with van der Waals surface area (Å²) < 4.78 is 5.33. The van der Waals surface area contributed by atoms with Gasteiger partial charge in [-0.1, -0.05) is 6.58 Å². The maximum atomic E-state index is 10.8. The van der Waals surface area contributed by atoms with E-state index in [1.807, 2.05) is 0 Å². The van der Waals surface area contributed by atoms with Crippen molar-refractivity contribution in [1.29, 1.82) is 0 Å². The average molecular weight is 262 g/mol. The normalized spacial score (nSPS) is 37.8. The van der Waals surface area contributed by atoms with E-state index >= 15 is 0 Å². The Morgan fingerprint density at radius 3 is 2.41 bits per heavy atom. The highest BCUT2D eigenvalue weighted by molar-refractivity contribution is 7.99. The number of nitrogens with two attached hydrogens (primary N) is 1. The highest BCUT2D eigenvalue weighted by Gasteiger charge is 2.43. The van der Waals surface area contributed by atoms with Crippen molar-refractivity contribution in [2.45, 2.75) is 29.9 Å². The van der Waals surface area contributed by atoms with E-state index in [9.17, 15) is 20.1 Å². The Balaban J connectivity index is 2.72. The number of aliphatic hydroxyl groups is 3. The third-order valence-corrected chi connectivity index (χ3v) is 3.38. The van der Waals surface area contributed by atoms with E-state index in [4.69, 9.17) is 10.5 Å². The van der Waals surface area contributed by atoms with Gasteiger partial charge in [0.05, 0.1) is 6.10 Å². The van der Waals surface area contributed by atoms with Gasteiger partial charge in [0.25, 0.3) is 0 Å². The highest BCUT2D eigenvalue weighted by Crippen LogP contribution is 2.29. The van der Waals surface area contributed by atoms with Crippen molar-refractivity contribution in [1.82, 2.24) is 0 Å². The number of hydrogen-bond acceptors (Lipinski definition) is 6. The Morgan fingerprint density at radius 2 is 1.94 bits per heavy atom. The van der Waals surface area contributed by atoms with Crippen molar-refractivity contribution >= 4 is 17.7 Å². The molecule has 7 heteroatoms. The van der Waals surface area contributed by atoms with Crippen molar-refractivity contribution in [3.05, 3.63) is 18.6 Å². The summed E-state index contributed by atoms with van der Waals surface area (Å²) in [4.78, 5) is 10.8. The second kappa shape index (κ2) is 5.83. The van der Waals surface area contributed by atoms with E-state index in [0.717, 1.165) is 0 Å². The average Bonchev–Trinajstić information content (AvgIpc) is 2.29. The molecule has 5 N–H and O–H groups in total. The molecule has 1 rings (SSSR count). The summed E-state index contributed by atoms with van der Waals surface area (Å²) in [6.07, 6.45) is -1.85. The standard InChI is InChI=1S/C10H16NO5S/c1-4(9(11)15)3-5-6(12)7(13)8(14)10(16-5)17-2/h3,5-8,10,12-14H,1H2,2H3,(H2,11,15). The van der Waals surface area contributed by atoms with Crippen LogP contribution in [-0.2, 0) is 9.53 Å². The fourth-order valence-electron chi connectivity index (χ4n) is 1.49. The Kier molecular flexibility index (Phi) is 4.96. The molecule has 1 fully saturated rings. The van der Waals surface area contributed by atoms with Gasteiger partial charge < -0.3 is 25.8 Å². The van der Waals surface area contributed by atoms with Crippen LogP contribution in [0.1, 0.15) is 0 Å². The van der Waals surface area contributed by atoms with Gasteiger partial charge in [0, 0.05) is 12.0 Å². The van der Waals surface area contributed by atoms with Crippen LogP contribution in [-0.4, -0.2) is 57.3 Å². The van der Waals surface area contributed by atoms with Gasteiger partial charge in [0.2, 0.25) is 5.91 Å². The summed E-state index contributed by atoms with van der Waals surface area (Å²) >= 11 is 1.19. The molecule has 0 aromatic heterocycles. The molecule has 97 valence electrons. The lowest BCUT2D eigenvalue weighted by Gasteiger charge is -2.39. The van der Waals surface area contributed by atoms with Crippen molar-refractivity contribution < 1.29 is 24.9 Å². The largest absolute Gasteiger partial charge is 0.388 e. The zero-order chi connectivity index (χ0) is 13.2. The van der Waals surface area contributed by atoms with Gasteiger partial charge >= 0.3 is 0 Å².